The van der Waals surface area contributed by atoms with Crippen LogP contribution in [0.3, 0.4) is 0 Å². The zero-order chi connectivity index (χ0) is 25.1. The maximum atomic E-state index is 13.4. The number of hydrogen-bond acceptors (Lipinski definition) is 5. The lowest BCUT2D eigenvalue weighted by atomic mass is 9.92. The highest BCUT2D eigenvalue weighted by atomic mass is 32.1. The number of para-hydroxylation sites is 1. The summed E-state index contributed by atoms with van der Waals surface area (Å²) in [6.07, 6.45) is 0.975. The second kappa shape index (κ2) is 10.8. The minimum absolute atomic E-state index is 0.0112. The Balaban J connectivity index is 1.21. The second-order valence-electron chi connectivity index (χ2n) is 9.71. The SMILES string of the molecule is Cc1ccc([C@H]2c3ccsc3CCN2CC(=O)N2CCN(C(=O)COc3ccccc3)[C@H](C)C2)cc1. The Labute approximate surface area is 217 Å². The van der Waals surface area contributed by atoms with Crippen LogP contribution in [0.25, 0.3) is 0 Å². The van der Waals surface area contributed by atoms with E-state index in [1.54, 1.807) is 0 Å². The van der Waals surface area contributed by atoms with Gasteiger partial charge < -0.3 is 14.5 Å². The number of aryl methyl sites for hydroxylation is 1. The van der Waals surface area contributed by atoms with Gasteiger partial charge >= 0.3 is 0 Å². The van der Waals surface area contributed by atoms with Crippen molar-refractivity contribution in [3.05, 3.63) is 87.6 Å². The molecule has 0 N–H and O–H groups in total. The molecular formula is C29H33N3O3S. The third kappa shape index (κ3) is 5.32. The van der Waals surface area contributed by atoms with E-state index in [0.717, 1.165) is 13.0 Å². The Hall–Kier alpha value is -3.16. The van der Waals surface area contributed by atoms with E-state index in [-0.39, 0.29) is 30.5 Å². The van der Waals surface area contributed by atoms with E-state index in [4.69, 9.17) is 4.74 Å². The predicted octanol–water partition coefficient (Wildman–Crippen LogP) is 4.14. The van der Waals surface area contributed by atoms with E-state index >= 15 is 0 Å². The summed E-state index contributed by atoms with van der Waals surface area (Å²) in [5.41, 5.74) is 3.79. The molecule has 5 rings (SSSR count). The summed E-state index contributed by atoms with van der Waals surface area (Å²) in [6, 6.07) is 20.3. The molecule has 1 fully saturated rings. The van der Waals surface area contributed by atoms with Gasteiger partial charge in [-0.15, -0.1) is 11.3 Å². The number of rotatable bonds is 6. The Bertz CT molecular complexity index is 1190. The first kappa shape index (κ1) is 24.5. The molecule has 2 amide bonds. The highest BCUT2D eigenvalue weighted by Crippen LogP contribution is 2.37. The fraction of sp³-hybridized carbons (Fsp3) is 0.379. The molecule has 188 valence electrons. The molecule has 7 heteroatoms. The molecule has 0 saturated carbocycles. The van der Waals surface area contributed by atoms with E-state index in [1.165, 1.54) is 21.6 Å². The summed E-state index contributed by atoms with van der Waals surface area (Å²) in [4.78, 5) is 33.7. The first-order valence-corrected chi connectivity index (χ1v) is 13.5. The van der Waals surface area contributed by atoms with E-state index in [2.05, 4.69) is 47.5 Å². The van der Waals surface area contributed by atoms with Crippen LogP contribution in [0.4, 0.5) is 0 Å². The molecule has 0 bridgehead atoms. The lowest BCUT2D eigenvalue weighted by Gasteiger charge is -2.42. The van der Waals surface area contributed by atoms with E-state index in [9.17, 15) is 9.59 Å². The van der Waals surface area contributed by atoms with Crippen LogP contribution in [0.2, 0.25) is 0 Å². The second-order valence-corrected chi connectivity index (χ2v) is 10.7. The van der Waals surface area contributed by atoms with Gasteiger partial charge in [0.1, 0.15) is 5.75 Å². The molecule has 3 heterocycles. The van der Waals surface area contributed by atoms with Crippen molar-refractivity contribution >= 4 is 23.2 Å². The molecule has 2 aliphatic rings. The van der Waals surface area contributed by atoms with Crippen molar-refractivity contribution in [1.82, 2.24) is 14.7 Å². The molecule has 2 atom stereocenters. The standard InChI is InChI=1S/C29H33N3O3S/c1-21-8-10-23(11-9-21)29-25-13-17-36-26(25)12-14-31(29)19-27(33)30-15-16-32(22(2)18-30)28(34)20-35-24-6-4-3-5-7-24/h3-11,13,17,22,29H,12,14-16,18-20H2,1-2H3/t22-,29+/m1/s1. The van der Waals surface area contributed by atoms with Crippen molar-refractivity contribution in [2.45, 2.75) is 32.4 Å². The van der Waals surface area contributed by atoms with Crippen LogP contribution in [0.15, 0.2) is 66.0 Å². The van der Waals surface area contributed by atoms with Crippen molar-refractivity contribution in [3.8, 4) is 5.75 Å². The summed E-state index contributed by atoms with van der Waals surface area (Å²) < 4.78 is 5.65. The minimum atomic E-state index is -0.0488. The van der Waals surface area contributed by atoms with Gasteiger partial charge in [-0.05, 0) is 55.0 Å². The monoisotopic (exact) mass is 503 g/mol. The Morgan fingerprint density at radius 3 is 2.50 bits per heavy atom. The summed E-state index contributed by atoms with van der Waals surface area (Å²) in [6.45, 7) is 6.98. The molecule has 0 spiro atoms. The number of piperazine rings is 1. The lowest BCUT2D eigenvalue weighted by Crippen LogP contribution is -2.57. The van der Waals surface area contributed by atoms with Crippen molar-refractivity contribution in [3.63, 3.8) is 0 Å². The fourth-order valence-corrected chi connectivity index (χ4v) is 6.15. The molecule has 2 aliphatic heterocycles. The Kier molecular flexibility index (Phi) is 7.39. The van der Waals surface area contributed by atoms with Crippen LogP contribution < -0.4 is 4.74 Å². The molecule has 0 aliphatic carbocycles. The zero-order valence-corrected chi connectivity index (χ0v) is 21.7. The van der Waals surface area contributed by atoms with Gasteiger partial charge in [-0.1, -0.05) is 48.0 Å². The number of benzene rings is 2. The van der Waals surface area contributed by atoms with Crippen molar-refractivity contribution in [2.24, 2.45) is 0 Å². The largest absolute Gasteiger partial charge is 0.484 e. The van der Waals surface area contributed by atoms with Crippen LogP contribution >= 0.6 is 11.3 Å². The van der Waals surface area contributed by atoms with Crippen molar-refractivity contribution in [2.75, 3.05) is 39.3 Å². The zero-order valence-electron chi connectivity index (χ0n) is 20.9. The van der Waals surface area contributed by atoms with Gasteiger partial charge in [0.15, 0.2) is 6.61 Å². The number of thiophene rings is 1. The van der Waals surface area contributed by atoms with Crippen LogP contribution in [0.1, 0.15) is 34.5 Å². The summed E-state index contributed by atoms with van der Waals surface area (Å²) in [7, 11) is 0. The van der Waals surface area contributed by atoms with Gasteiger partial charge in [0.25, 0.3) is 5.91 Å². The first-order valence-electron chi connectivity index (χ1n) is 12.6. The number of fused-ring (bicyclic) bond motifs is 1. The maximum absolute atomic E-state index is 13.4. The average molecular weight is 504 g/mol. The molecule has 0 radical (unpaired) electrons. The Morgan fingerprint density at radius 1 is 0.972 bits per heavy atom. The van der Waals surface area contributed by atoms with Gasteiger partial charge in [0.05, 0.1) is 12.6 Å². The number of carbonyl (C=O) groups is 2. The van der Waals surface area contributed by atoms with Gasteiger partial charge in [-0.2, -0.15) is 0 Å². The Morgan fingerprint density at radius 2 is 1.75 bits per heavy atom. The topological polar surface area (TPSA) is 53.1 Å². The molecule has 1 saturated heterocycles. The van der Waals surface area contributed by atoms with Gasteiger partial charge in [0, 0.05) is 37.1 Å². The van der Waals surface area contributed by atoms with Crippen LogP contribution in [0, 0.1) is 6.92 Å². The van der Waals surface area contributed by atoms with Crippen molar-refractivity contribution < 1.29 is 14.3 Å². The summed E-state index contributed by atoms with van der Waals surface area (Å²) in [5, 5.41) is 2.16. The predicted molar refractivity (Wildman–Crippen MR) is 142 cm³/mol. The molecule has 36 heavy (non-hydrogen) atoms. The molecule has 0 unspecified atom stereocenters. The molecule has 6 nitrogen and oxygen atoms in total. The number of nitrogens with zero attached hydrogens (tertiary/aromatic N) is 3. The highest BCUT2D eigenvalue weighted by Gasteiger charge is 2.34. The fourth-order valence-electron chi connectivity index (χ4n) is 5.25. The maximum Gasteiger partial charge on any atom is 0.260 e. The van der Waals surface area contributed by atoms with Crippen LogP contribution in [-0.4, -0.2) is 71.9 Å². The van der Waals surface area contributed by atoms with Crippen molar-refractivity contribution in [1.29, 1.82) is 0 Å². The first-order chi connectivity index (χ1) is 17.5. The van der Waals surface area contributed by atoms with Crippen LogP contribution in [0.5, 0.6) is 5.75 Å². The highest BCUT2D eigenvalue weighted by molar-refractivity contribution is 7.10. The lowest BCUT2D eigenvalue weighted by molar-refractivity contribution is -0.144. The number of carbonyl (C=O) groups excluding carboxylic acids is 2. The van der Waals surface area contributed by atoms with E-state index < -0.39 is 0 Å². The summed E-state index contributed by atoms with van der Waals surface area (Å²) >= 11 is 1.81. The molecule has 1 aromatic heterocycles. The minimum Gasteiger partial charge on any atom is -0.484 e. The van der Waals surface area contributed by atoms with Crippen LogP contribution in [-0.2, 0) is 16.0 Å². The number of hydrogen-bond donors (Lipinski definition) is 0. The molecular weight excluding hydrogens is 470 g/mol. The molecule has 3 aromatic rings. The van der Waals surface area contributed by atoms with Gasteiger partial charge in [0.2, 0.25) is 5.91 Å². The summed E-state index contributed by atoms with van der Waals surface area (Å²) in [5.74, 6) is 0.773. The van der Waals surface area contributed by atoms with E-state index in [1.807, 2.05) is 58.4 Å². The normalized spacial score (nSPS) is 20.2. The third-order valence-corrected chi connectivity index (χ3v) is 8.20. The number of amides is 2. The number of ether oxygens (including phenoxy) is 1. The quantitative estimate of drug-likeness (QED) is 0.507. The van der Waals surface area contributed by atoms with E-state index in [0.29, 0.717) is 31.9 Å². The van der Waals surface area contributed by atoms with Gasteiger partial charge in [-0.3, -0.25) is 14.5 Å². The third-order valence-electron chi connectivity index (χ3n) is 7.20. The van der Waals surface area contributed by atoms with Gasteiger partial charge in [-0.25, -0.2) is 0 Å². The smallest absolute Gasteiger partial charge is 0.260 e. The molecule has 2 aromatic carbocycles. The average Bonchev–Trinajstić information content (AvgIpc) is 3.37.